The van der Waals surface area contributed by atoms with E-state index >= 15 is 0 Å². The molecule has 0 saturated heterocycles. The predicted molar refractivity (Wildman–Crippen MR) is 81.1 cm³/mol. The van der Waals surface area contributed by atoms with Crippen molar-refractivity contribution in [3.63, 3.8) is 0 Å². The summed E-state index contributed by atoms with van der Waals surface area (Å²) in [6, 6.07) is 10.0. The van der Waals surface area contributed by atoms with Gasteiger partial charge in [0, 0.05) is 12.1 Å². The van der Waals surface area contributed by atoms with Gasteiger partial charge in [-0.2, -0.15) is 0 Å². The molecule has 0 amide bonds. The van der Waals surface area contributed by atoms with Crippen LogP contribution in [0.2, 0.25) is 5.02 Å². The molecule has 0 aliphatic heterocycles. The maximum atomic E-state index is 6.09. The van der Waals surface area contributed by atoms with Gasteiger partial charge < -0.3 is 14.5 Å². The smallest absolute Gasteiger partial charge is 0.129 e. The first-order chi connectivity index (χ1) is 9.65. The van der Waals surface area contributed by atoms with E-state index < -0.39 is 0 Å². The van der Waals surface area contributed by atoms with Gasteiger partial charge >= 0.3 is 0 Å². The fraction of sp³-hybridized carbons (Fsp3) is 0.375. The van der Waals surface area contributed by atoms with Crippen LogP contribution in [-0.2, 0) is 11.3 Å². The number of hydrogen-bond acceptors (Lipinski definition) is 3. The Balaban J connectivity index is 2.31. The van der Waals surface area contributed by atoms with Crippen molar-refractivity contribution >= 4 is 11.6 Å². The highest BCUT2D eigenvalue weighted by molar-refractivity contribution is 6.31. The average molecular weight is 294 g/mol. The summed E-state index contributed by atoms with van der Waals surface area (Å²) < 4.78 is 10.9. The second-order valence-corrected chi connectivity index (χ2v) is 5.14. The van der Waals surface area contributed by atoms with Crippen molar-refractivity contribution < 1.29 is 9.15 Å². The quantitative estimate of drug-likeness (QED) is 0.871. The van der Waals surface area contributed by atoms with E-state index in [-0.39, 0.29) is 6.04 Å². The topological polar surface area (TPSA) is 34.4 Å². The van der Waals surface area contributed by atoms with E-state index in [1.807, 2.05) is 31.2 Å². The fourth-order valence-electron chi connectivity index (χ4n) is 2.20. The van der Waals surface area contributed by atoms with E-state index in [0.717, 1.165) is 34.2 Å². The normalized spacial score (nSPS) is 12.6. The van der Waals surface area contributed by atoms with Crippen LogP contribution in [0.25, 0.3) is 0 Å². The second kappa shape index (κ2) is 6.93. The lowest BCUT2D eigenvalue weighted by Crippen LogP contribution is -2.21. The fourth-order valence-corrected chi connectivity index (χ4v) is 2.32. The Morgan fingerprint density at radius 1 is 1.30 bits per heavy atom. The molecule has 0 saturated carbocycles. The molecule has 4 heteroatoms. The molecule has 3 nitrogen and oxygen atoms in total. The molecule has 2 aromatic rings. The molecule has 1 heterocycles. The number of furan rings is 1. The summed E-state index contributed by atoms with van der Waals surface area (Å²) in [4.78, 5) is 0. The van der Waals surface area contributed by atoms with Crippen LogP contribution < -0.4 is 5.32 Å². The monoisotopic (exact) mass is 293 g/mol. The molecule has 0 aliphatic rings. The SMILES string of the molecule is CCNC(c1ccc(Cl)c(C)c1)c1ccc(COC)o1. The largest absolute Gasteiger partial charge is 0.462 e. The number of benzene rings is 1. The molecule has 1 atom stereocenters. The standard InChI is InChI=1S/C16H20ClNO2/c1-4-18-16(12-5-7-14(17)11(2)9-12)15-8-6-13(20-15)10-19-3/h5-9,16,18H,4,10H2,1-3H3. The molecule has 1 aromatic carbocycles. The Labute approximate surface area is 124 Å². The number of methoxy groups -OCH3 is 1. The van der Waals surface area contributed by atoms with E-state index in [1.165, 1.54) is 0 Å². The average Bonchev–Trinajstić information content (AvgIpc) is 2.88. The molecule has 0 spiro atoms. The number of ether oxygens (including phenoxy) is 1. The zero-order chi connectivity index (χ0) is 14.5. The van der Waals surface area contributed by atoms with Gasteiger partial charge in [-0.25, -0.2) is 0 Å². The Kier molecular flexibility index (Phi) is 5.24. The van der Waals surface area contributed by atoms with Crippen molar-refractivity contribution in [2.75, 3.05) is 13.7 Å². The van der Waals surface area contributed by atoms with Gasteiger partial charge in [0.15, 0.2) is 0 Å². The molecule has 1 unspecified atom stereocenters. The van der Waals surface area contributed by atoms with Gasteiger partial charge in [-0.15, -0.1) is 0 Å². The minimum atomic E-state index is 0.0292. The number of hydrogen-bond donors (Lipinski definition) is 1. The first-order valence-corrected chi connectivity index (χ1v) is 7.10. The zero-order valence-electron chi connectivity index (χ0n) is 12.1. The van der Waals surface area contributed by atoms with Gasteiger partial charge in [0.25, 0.3) is 0 Å². The van der Waals surface area contributed by atoms with Crippen LogP contribution in [0.15, 0.2) is 34.7 Å². The van der Waals surface area contributed by atoms with Crippen LogP contribution in [0.5, 0.6) is 0 Å². The Hall–Kier alpha value is -1.29. The maximum Gasteiger partial charge on any atom is 0.129 e. The lowest BCUT2D eigenvalue weighted by atomic mass is 10.0. The molecule has 1 aromatic heterocycles. The maximum absolute atomic E-state index is 6.09. The molecule has 0 fully saturated rings. The molecule has 1 N–H and O–H groups in total. The zero-order valence-corrected chi connectivity index (χ0v) is 12.8. The summed E-state index contributed by atoms with van der Waals surface area (Å²) >= 11 is 6.09. The lowest BCUT2D eigenvalue weighted by molar-refractivity contribution is 0.162. The third kappa shape index (κ3) is 3.42. The van der Waals surface area contributed by atoms with Gasteiger partial charge in [-0.3, -0.25) is 0 Å². The Morgan fingerprint density at radius 3 is 2.75 bits per heavy atom. The summed E-state index contributed by atoms with van der Waals surface area (Å²) in [5.41, 5.74) is 2.21. The van der Waals surface area contributed by atoms with Gasteiger partial charge in [-0.05, 0) is 42.8 Å². The molecule has 0 aliphatic carbocycles. The molecule has 0 radical (unpaired) electrons. The Bertz CT molecular complexity index is 565. The van der Waals surface area contributed by atoms with Crippen molar-refractivity contribution in [3.8, 4) is 0 Å². The summed E-state index contributed by atoms with van der Waals surface area (Å²) in [6.45, 7) is 5.42. The van der Waals surface area contributed by atoms with Crippen LogP contribution in [0.4, 0.5) is 0 Å². The molecular formula is C16H20ClNO2. The number of rotatable bonds is 6. The van der Waals surface area contributed by atoms with E-state index in [1.54, 1.807) is 7.11 Å². The first kappa shape index (κ1) is 15.1. The molecule has 0 bridgehead atoms. The van der Waals surface area contributed by atoms with Gasteiger partial charge in [0.2, 0.25) is 0 Å². The van der Waals surface area contributed by atoms with Crippen LogP contribution in [-0.4, -0.2) is 13.7 Å². The van der Waals surface area contributed by atoms with Crippen molar-refractivity contribution in [1.82, 2.24) is 5.32 Å². The lowest BCUT2D eigenvalue weighted by Gasteiger charge is -2.17. The van der Waals surface area contributed by atoms with E-state index in [0.29, 0.717) is 6.61 Å². The van der Waals surface area contributed by atoms with Crippen LogP contribution in [0, 0.1) is 6.92 Å². The third-order valence-corrected chi connectivity index (χ3v) is 3.60. The second-order valence-electron chi connectivity index (χ2n) is 4.74. The number of aryl methyl sites for hydroxylation is 1. The third-order valence-electron chi connectivity index (χ3n) is 3.18. The number of nitrogens with one attached hydrogen (secondary N) is 1. The summed E-state index contributed by atoms with van der Waals surface area (Å²) in [5.74, 6) is 1.72. The van der Waals surface area contributed by atoms with Crippen LogP contribution >= 0.6 is 11.6 Å². The molecular weight excluding hydrogens is 274 g/mol. The Morgan fingerprint density at radius 2 is 2.10 bits per heavy atom. The van der Waals surface area contributed by atoms with Crippen molar-refractivity contribution in [2.45, 2.75) is 26.5 Å². The minimum Gasteiger partial charge on any atom is -0.462 e. The summed E-state index contributed by atoms with van der Waals surface area (Å²) in [7, 11) is 1.66. The molecule has 108 valence electrons. The van der Waals surface area contributed by atoms with Gasteiger partial charge in [0.1, 0.15) is 18.1 Å². The van der Waals surface area contributed by atoms with Crippen LogP contribution in [0.1, 0.15) is 35.6 Å². The van der Waals surface area contributed by atoms with E-state index in [2.05, 4.69) is 18.3 Å². The van der Waals surface area contributed by atoms with Crippen LogP contribution in [0.3, 0.4) is 0 Å². The van der Waals surface area contributed by atoms with Gasteiger partial charge in [-0.1, -0.05) is 30.7 Å². The predicted octanol–water partition coefficient (Wildman–Crippen LogP) is 4.09. The molecule has 2 rings (SSSR count). The van der Waals surface area contributed by atoms with Crippen molar-refractivity contribution in [2.24, 2.45) is 0 Å². The van der Waals surface area contributed by atoms with Crippen molar-refractivity contribution in [3.05, 3.63) is 58.0 Å². The van der Waals surface area contributed by atoms with E-state index in [4.69, 9.17) is 20.8 Å². The first-order valence-electron chi connectivity index (χ1n) is 6.72. The highest BCUT2D eigenvalue weighted by Gasteiger charge is 2.17. The summed E-state index contributed by atoms with van der Waals surface area (Å²) in [5, 5.41) is 4.22. The number of halogens is 1. The highest BCUT2D eigenvalue weighted by Crippen LogP contribution is 2.27. The highest BCUT2D eigenvalue weighted by atomic mass is 35.5. The summed E-state index contributed by atoms with van der Waals surface area (Å²) in [6.07, 6.45) is 0. The van der Waals surface area contributed by atoms with Crippen molar-refractivity contribution in [1.29, 1.82) is 0 Å². The molecule has 20 heavy (non-hydrogen) atoms. The van der Waals surface area contributed by atoms with Gasteiger partial charge in [0.05, 0.1) is 6.04 Å². The minimum absolute atomic E-state index is 0.0292. The van der Waals surface area contributed by atoms with E-state index in [9.17, 15) is 0 Å².